The number of ether oxygens (including phenoxy) is 1. The molecule has 0 saturated carbocycles. The van der Waals surface area contributed by atoms with Crippen molar-refractivity contribution in [2.24, 2.45) is 0 Å². The Morgan fingerprint density at radius 3 is 2.76 bits per heavy atom. The highest BCUT2D eigenvalue weighted by atomic mass is 32.1. The SMILES string of the molecule is COc1cccc(-c2noc([C@@H](Cc3ccccc3)NC(=O)c3cccs3)n2)c1. The number of hydrogen-bond donors (Lipinski definition) is 1. The van der Waals surface area contributed by atoms with E-state index in [0.29, 0.717) is 28.8 Å². The second-order valence-electron chi connectivity index (χ2n) is 6.38. The molecule has 146 valence electrons. The maximum atomic E-state index is 12.6. The molecule has 4 aromatic rings. The molecule has 0 aliphatic heterocycles. The number of carbonyl (C=O) groups is 1. The van der Waals surface area contributed by atoms with Crippen LogP contribution in [0.25, 0.3) is 11.4 Å². The van der Waals surface area contributed by atoms with Crippen LogP contribution in [-0.2, 0) is 6.42 Å². The van der Waals surface area contributed by atoms with E-state index in [9.17, 15) is 4.79 Å². The van der Waals surface area contributed by atoms with Crippen LogP contribution in [-0.4, -0.2) is 23.2 Å². The Balaban J connectivity index is 1.61. The van der Waals surface area contributed by atoms with Gasteiger partial charge in [-0.15, -0.1) is 11.3 Å². The minimum atomic E-state index is -0.446. The zero-order valence-corrected chi connectivity index (χ0v) is 16.6. The molecule has 2 aromatic heterocycles. The van der Waals surface area contributed by atoms with Gasteiger partial charge in [-0.3, -0.25) is 4.79 Å². The number of nitrogens with one attached hydrogen (secondary N) is 1. The molecule has 1 N–H and O–H groups in total. The van der Waals surface area contributed by atoms with E-state index in [0.717, 1.165) is 11.1 Å². The van der Waals surface area contributed by atoms with Gasteiger partial charge in [0.05, 0.1) is 12.0 Å². The molecule has 2 heterocycles. The van der Waals surface area contributed by atoms with Crippen LogP contribution in [0.4, 0.5) is 0 Å². The third-order valence-corrected chi connectivity index (χ3v) is 5.27. The van der Waals surface area contributed by atoms with Crippen LogP contribution in [0.5, 0.6) is 5.75 Å². The van der Waals surface area contributed by atoms with Crippen LogP contribution in [0.3, 0.4) is 0 Å². The van der Waals surface area contributed by atoms with Crippen molar-refractivity contribution < 1.29 is 14.1 Å². The normalized spacial score (nSPS) is 11.8. The Morgan fingerprint density at radius 1 is 1.14 bits per heavy atom. The van der Waals surface area contributed by atoms with Crippen LogP contribution < -0.4 is 10.1 Å². The molecule has 0 spiro atoms. The van der Waals surface area contributed by atoms with Crippen LogP contribution >= 0.6 is 11.3 Å². The number of aromatic nitrogens is 2. The molecular formula is C22H19N3O3S. The molecule has 6 nitrogen and oxygen atoms in total. The zero-order chi connectivity index (χ0) is 20.1. The third-order valence-electron chi connectivity index (χ3n) is 4.40. The lowest BCUT2D eigenvalue weighted by atomic mass is 10.1. The summed E-state index contributed by atoms with van der Waals surface area (Å²) in [5.74, 6) is 1.35. The third kappa shape index (κ3) is 4.52. The lowest BCUT2D eigenvalue weighted by molar-refractivity contribution is 0.0932. The minimum Gasteiger partial charge on any atom is -0.497 e. The predicted octanol–water partition coefficient (Wildman–Crippen LogP) is 4.52. The number of benzene rings is 2. The van der Waals surface area contributed by atoms with Gasteiger partial charge in [0.25, 0.3) is 5.91 Å². The molecule has 0 fully saturated rings. The summed E-state index contributed by atoms with van der Waals surface area (Å²) in [4.78, 5) is 17.8. The first-order chi connectivity index (χ1) is 14.2. The average Bonchev–Trinajstić information content (AvgIpc) is 3.46. The molecule has 0 aliphatic rings. The molecule has 0 saturated heterocycles. The van der Waals surface area contributed by atoms with E-state index >= 15 is 0 Å². The molecule has 0 aliphatic carbocycles. The molecule has 29 heavy (non-hydrogen) atoms. The quantitative estimate of drug-likeness (QED) is 0.489. The van der Waals surface area contributed by atoms with Crippen LogP contribution in [0.1, 0.15) is 27.2 Å². The summed E-state index contributed by atoms with van der Waals surface area (Å²) in [6, 6.07) is 20.5. The first-order valence-corrected chi connectivity index (χ1v) is 9.97. The van der Waals surface area contributed by atoms with Crippen molar-refractivity contribution in [2.75, 3.05) is 7.11 Å². The van der Waals surface area contributed by atoms with Gasteiger partial charge in [0.1, 0.15) is 11.8 Å². The van der Waals surface area contributed by atoms with Gasteiger partial charge < -0.3 is 14.6 Å². The fourth-order valence-corrected chi connectivity index (χ4v) is 3.57. The fraction of sp³-hybridized carbons (Fsp3) is 0.136. The van der Waals surface area contributed by atoms with Crippen LogP contribution in [0.2, 0.25) is 0 Å². The van der Waals surface area contributed by atoms with Crippen molar-refractivity contribution in [1.82, 2.24) is 15.5 Å². The molecular weight excluding hydrogens is 386 g/mol. The monoisotopic (exact) mass is 405 g/mol. The van der Waals surface area contributed by atoms with Crippen LogP contribution in [0.15, 0.2) is 76.6 Å². The van der Waals surface area contributed by atoms with Gasteiger partial charge in [0.15, 0.2) is 0 Å². The summed E-state index contributed by atoms with van der Waals surface area (Å²) in [5, 5.41) is 9.00. The number of amides is 1. The van der Waals surface area contributed by atoms with E-state index in [-0.39, 0.29) is 5.91 Å². The van der Waals surface area contributed by atoms with E-state index in [4.69, 9.17) is 9.26 Å². The fourth-order valence-electron chi connectivity index (χ4n) is 2.94. The predicted molar refractivity (Wildman–Crippen MR) is 111 cm³/mol. The van der Waals surface area contributed by atoms with Gasteiger partial charge in [-0.2, -0.15) is 4.98 Å². The van der Waals surface area contributed by atoms with Crippen molar-refractivity contribution in [3.05, 3.63) is 88.4 Å². The Labute approximate surface area is 172 Å². The smallest absolute Gasteiger partial charge is 0.262 e. The molecule has 1 amide bonds. The number of nitrogens with zero attached hydrogens (tertiary/aromatic N) is 2. The number of carbonyl (C=O) groups excluding carboxylic acids is 1. The molecule has 0 radical (unpaired) electrons. The molecule has 0 unspecified atom stereocenters. The Morgan fingerprint density at radius 2 is 2.00 bits per heavy atom. The average molecular weight is 405 g/mol. The standard InChI is InChI=1S/C22H19N3O3S/c1-27-17-10-5-9-16(14-17)20-24-22(28-25-20)18(13-15-7-3-2-4-8-15)23-21(26)19-11-6-12-29-19/h2-12,14,18H,13H2,1H3,(H,23,26)/t18-/m1/s1. The van der Waals surface area contributed by atoms with Crippen LogP contribution in [0, 0.1) is 0 Å². The van der Waals surface area contributed by atoms with E-state index < -0.39 is 6.04 Å². The largest absolute Gasteiger partial charge is 0.497 e. The highest BCUT2D eigenvalue weighted by Gasteiger charge is 2.23. The summed E-state index contributed by atoms with van der Waals surface area (Å²) in [5.41, 5.74) is 1.84. The van der Waals surface area contributed by atoms with Gasteiger partial charge in [-0.1, -0.05) is 53.7 Å². The number of rotatable bonds is 7. The Hall–Kier alpha value is -3.45. The second-order valence-corrected chi connectivity index (χ2v) is 7.33. The van der Waals surface area contributed by atoms with Crippen molar-refractivity contribution in [1.29, 1.82) is 0 Å². The first kappa shape index (κ1) is 18.9. The topological polar surface area (TPSA) is 77.3 Å². The molecule has 7 heteroatoms. The van der Waals surface area contributed by atoms with Gasteiger partial charge in [0.2, 0.25) is 11.7 Å². The van der Waals surface area contributed by atoms with Gasteiger partial charge >= 0.3 is 0 Å². The van der Waals surface area contributed by atoms with Crippen molar-refractivity contribution in [3.63, 3.8) is 0 Å². The van der Waals surface area contributed by atoms with Gasteiger partial charge in [-0.25, -0.2) is 0 Å². The Kier molecular flexibility index (Phi) is 5.67. The minimum absolute atomic E-state index is 0.165. The molecule has 2 aromatic carbocycles. The van der Waals surface area contributed by atoms with E-state index in [2.05, 4.69) is 15.5 Å². The maximum Gasteiger partial charge on any atom is 0.262 e. The highest BCUT2D eigenvalue weighted by molar-refractivity contribution is 7.12. The summed E-state index contributed by atoms with van der Waals surface area (Å²) < 4.78 is 10.8. The van der Waals surface area contributed by atoms with E-state index in [1.165, 1.54) is 11.3 Å². The second kappa shape index (κ2) is 8.70. The summed E-state index contributed by atoms with van der Waals surface area (Å²) in [6.45, 7) is 0. The Bertz CT molecular complexity index is 1080. The highest BCUT2D eigenvalue weighted by Crippen LogP contribution is 2.25. The summed E-state index contributed by atoms with van der Waals surface area (Å²) in [7, 11) is 1.61. The lowest BCUT2D eigenvalue weighted by Crippen LogP contribution is -2.29. The summed E-state index contributed by atoms with van der Waals surface area (Å²) >= 11 is 1.39. The molecule has 1 atom stereocenters. The van der Waals surface area contributed by atoms with Crippen molar-refractivity contribution >= 4 is 17.2 Å². The number of hydrogen-bond acceptors (Lipinski definition) is 6. The van der Waals surface area contributed by atoms with E-state index in [1.807, 2.05) is 66.0 Å². The van der Waals surface area contributed by atoms with E-state index in [1.54, 1.807) is 13.2 Å². The lowest BCUT2D eigenvalue weighted by Gasteiger charge is -2.14. The molecule has 0 bridgehead atoms. The maximum absolute atomic E-state index is 12.6. The zero-order valence-electron chi connectivity index (χ0n) is 15.7. The van der Waals surface area contributed by atoms with Gasteiger partial charge in [-0.05, 0) is 29.1 Å². The first-order valence-electron chi connectivity index (χ1n) is 9.09. The van der Waals surface area contributed by atoms with Gasteiger partial charge in [0, 0.05) is 12.0 Å². The number of methoxy groups -OCH3 is 1. The number of thiophene rings is 1. The summed E-state index contributed by atoms with van der Waals surface area (Å²) in [6.07, 6.45) is 0.539. The van der Waals surface area contributed by atoms with Crippen molar-refractivity contribution in [2.45, 2.75) is 12.5 Å². The molecule has 4 rings (SSSR count). The van der Waals surface area contributed by atoms with Crippen molar-refractivity contribution in [3.8, 4) is 17.1 Å².